The minimum Gasteiger partial charge on any atom is -0.496 e. The topological polar surface area (TPSA) is 63.2 Å². The molecule has 1 fully saturated rings. The number of rotatable bonds is 7. The molecule has 0 saturated carbocycles. The first-order chi connectivity index (χ1) is 12.7. The van der Waals surface area contributed by atoms with Gasteiger partial charge in [0.2, 0.25) is 0 Å². The molecule has 0 aromatic heterocycles. The molecule has 1 N–H and O–H groups in total. The molecular weight excluding hydrogens is 330 g/mol. The molecule has 1 heterocycles. The molecule has 6 nitrogen and oxygen atoms in total. The minimum atomic E-state index is -0.0953. The number of hydrogen-bond acceptors (Lipinski definition) is 4. The summed E-state index contributed by atoms with van der Waals surface area (Å²) in [6.45, 7) is 7.39. The van der Waals surface area contributed by atoms with E-state index in [1.807, 2.05) is 25.1 Å². The second kappa shape index (κ2) is 10.7. The number of carbonyl (C=O) groups excluding carboxylic acids is 1. The molecular formula is C20H31N3O3. The van der Waals surface area contributed by atoms with E-state index in [0.717, 1.165) is 49.6 Å². The van der Waals surface area contributed by atoms with Crippen molar-refractivity contribution < 1.29 is 14.3 Å². The smallest absolute Gasteiger partial charge is 0.310 e. The lowest BCUT2D eigenvalue weighted by Gasteiger charge is -2.34. The summed E-state index contributed by atoms with van der Waals surface area (Å²) < 4.78 is 10.6. The Labute approximate surface area is 156 Å². The average molecular weight is 361 g/mol. The summed E-state index contributed by atoms with van der Waals surface area (Å²) in [5.74, 6) is 1.60. The standard InChI is InChI=1S/C20H31N3O3/c1-4-21-20(22-13-12-16-9-6-7-11-18(16)25-3)23-14-8-10-17(15-23)19(24)26-5-2/h6-7,9,11,17H,4-5,8,10,12-15H2,1-3H3,(H,21,22). The predicted octanol–water partition coefficient (Wildman–Crippen LogP) is 2.48. The number of aliphatic imine (C=N–C) groups is 1. The van der Waals surface area contributed by atoms with Crippen molar-refractivity contribution in [2.24, 2.45) is 10.9 Å². The van der Waals surface area contributed by atoms with E-state index in [9.17, 15) is 4.79 Å². The molecule has 144 valence electrons. The van der Waals surface area contributed by atoms with Crippen LogP contribution in [0.25, 0.3) is 0 Å². The first-order valence-electron chi connectivity index (χ1n) is 9.51. The van der Waals surface area contributed by atoms with Crippen molar-refractivity contribution in [3.8, 4) is 5.75 Å². The number of para-hydroxylation sites is 1. The minimum absolute atomic E-state index is 0.0678. The quantitative estimate of drug-likeness (QED) is 0.459. The number of piperidine rings is 1. The lowest BCUT2D eigenvalue weighted by molar-refractivity contribution is -0.149. The first-order valence-corrected chi connectivity index (χ1v) is 9.51. The molecule has 0 radical (unpaired) electrons. The number of nitrogens with one attached hydrogen (secondary N) is 1. The number of benzene rings is 1. The van der Waals surface area contributed by atoms with Crippen LogP contribution in [0.2, 0.25) is 0 Å². The fourth-order valence-corrected chi connectivity index (χ4v) is 3.24. The van der Waals surface area contributed by atoms with Gasteiger partial charge in [-0.25, -0.2) is 0 Å². The highest BCUT2D eigenvalue weighted by molar-refractivity contribution is 5.81. The van der Waals surface area contributed by atoms with Crippen LogP contribution in [0.3, 0.4) is 0 Å². The Bertz CT molecular complexity index is 604. The van der Waals surface area contributed by atoms with Gasteiger partial charge in [-0.2, -0.15) is 0 Å². The molecule has 0 spiro atoms. The van der Waals surface area contributed by atoms with Crippen LogP contribution < -0.4 is 10.1 Å². The van der Waals surface area contributed by atoms with E-state index in [1.165, 1.54) is 0 Å². The molecule has 6 heteroatoms. The van der Waals surface area contributed by atoms with E-state index in [2.05, 4.69) is 23.2 Å². The number of hydrogen-bond donors (Lipinski definition) is 1. The van der Waals surface area contributed by atoms with Gasteiger partial charge in [0.1, 0.15) is 5.75 Å². The van der Waals surface area contributed by atoms with Crippen LogP contribution >= 0.6 is 0 Å². The van der Waals surface area contributed by atoms with Gasteiger partial charge < -0.3 is 19.7 Å². The van der Waals surface area contributed by atoms with Crippen LogP contribution in [0, 0.1) is 5.92 Å². The molecule has 1 unspecified atom stereocenters. The van der Waals surface area contributed by atoms with Crippen molar-refractivity contribution in [1.82, 2.24) is 10.2 Å². The van der Waals surface area contributed by atoms with E-state index in [1.54, 1.807) is 7.11 Å². The molecule has 1 saturated heterocycles. The average Bonchev–Trinajstić information content (AvgIpc) is 2.68. The Kier molecular flexibility index (Phi) is 8.25. The highest BCUT2D eigenvalue weighted by atomic mass is 16.5. The molecule has 2 rings (SSSR count). The highest BCUT2D eigenvalue weighted by Gasteiger charge is 2.28. The van der Waals surface area contributed by atoms with E-state index in [4.69, 9.17) is 14.5 Å². The van der Waals surface area contributed by atoms with Crippen LogP contribution in [0.5, 0.6) is 5.75 Å². The van der Waals surface area contributed by atoms with Crippen LogP contribution in [0.1, 0.15) is 32.3 Å². The second-order valence-electron chi connectivity index (χ2n) is 6.33. The zero-order valence-corrected chi connectivity index (χ0v) is 16.2. The van der Waals surface area contributed by atoms with E-state index < -0.39 is 0 Å². The highest BCUT2D eigenvalue weighted by Crippen LogP contribution is 2.19. The molecule has 1 aliphatic heterocycles. The van der Waals surface area contributed by atoms with Gasteiger partial charge in [0.05, 0.1) is 19.6 Å². The van der Waals surface area contributed by atoms with Crippen molar-refractivity contribution in [1.29, 1.82) is 0 Å². The van der Waals surface area contributed by atoms with Crippen LogP contribution in [0.15, 0.2) is 29.3 Å². The van der Waals surface area contributed by atoms with E-state index in [0.29, 0.717) is 19.7 Å². The summed E-state index contributed by atoms with van der Waals surface area (Å²) in [5.41, 5.74) is 1.15. The first kappa shape index (κ1) is 20.1. The summed E-state index contributed by atoms with van der Waals surface area (Å²) in [7, 11) is 1.69. The van der Waals surface area contributed by atoms with Gasteiger partial charge in [0, 0.05) is 26.2 Å². The zero-order valence-electron chi connectivity index (χ0n) is 16.2. The van der Waals surface area contributed by atoms with Crippen LogP contribution in [-0.2, 0) is 16.0 Å². The monoisotopic (exact) mass is 361 g/mol. The van der Waals surface area contributed by atoms with Gasteiger partial charge in [-0.15, -0.1) is 0 Å². The molecule has 0 bridgehead atoms. The van der Waals surface area contributed by atoms with Gasteiger partial charge in [-0.1, -0.05) is 18.2 Å². The summed E-state index contributed by atoms with van der Waals surface area (Å²) in [4.78, 5) is 19.0. The van der Waals surface area contributed by atoms with Crippen molar-refractivity contribution in [3.63, 3.8) is 0 Å². The molecule has 1 aromatic carbocycles. The predicted molar refractivity (Wildman–Crippen MR) is 104 cm³/mol. The maximum Gasteiger partial charge on any atom is 0.310 e. The second-order valence-corrected chi connectivity index (χ2v) is 6.33. The van der Waals surface area contributed by atoms with Gasteiger partial charge in [0.15, 0.2) is 5.96 Å². The van der Waals surface area contributed by atoms with E-state index in [-0.39, 0.29) is 11.9 Å². The third-order valence-corrected chi connectivity index (χ3v) is 4.51. The number of esters is 1. The Morgan fingerprint density at radius 2 is 2.15 bits per heavy atom. The largest absolute Gasteiger partial charge is 0.496 e. The third kappa shape index (κ3) is 5.64. The Morgan fingerprint density at radius 1 is 1.35 bits per heavy atom. The summed E-state index contributed by atoms with van der Waals surface area (Å²) in [6, 6.07) is 8.03. The van der Waals surface area contributed by atoms with Gasteiger partial charge in [-0.05, 0) is 44.7 Å². The lowest BCUT2D eigenvalue weighted by Crippen LogP contribution is -2.48. The number of ether oxygens (including phenoxy) is 2. The summed E-state index contributed by atoms with van der Waals surface area (Å²) in [6.07, 6.45) is 2.67. The fourth-order valence-electron chi connectivity index (χ4n) is 3.24. The number of methoxy groups -OCH3 is 1. The van der Waals surface area contributed by atoms with Gasteiger partial charge >= 0.3 is 5.97 Å². The maximum absolute atomic E-state index is 12.1. The Hall–Kier alpha value is -2.24. The number of carbonyl (C=O) groups is 1. The molecule has 1 atom stereocenters. The molecule has 1 aliphatic rings. The Morgan fingerprint density at radius 3 is 2.88 bits per heavy atom. The molecule has 1 aromatic rings. The zero-order chi connectivity index (χ0) is 18.8. The van der Waals surface area contributed by atoms with E-state index >= 15 is 0 Å². The number of likely N-dealkylation sites (tertiary alicyclic amines) is 1. The normalized spacial score (nSPS) is 17.7. The number of guanidine groups is 1. The lowest BCUT2D eigenvalue weighted by atomic mass is 9.98. The molecule has 0 aliphatic carbocycles. The van der Waals surface area contributed by atoms with Gasteiger partial charge in [-0.3, -0.25) is 9.79 Å². The van der Waals surface area contributed by atoms with Crippen molar-refractivity contribution in [2.45, 2.75) is 33.1 Å². The van der Waals surface area contributed by atoms with Crippen LogP contribution in [0.4, 0.5) is 0 Å². The SMILES string of the molecule is CCNC(=NCCc1ccccc1OC)N1CCCC(C(=O)OCC)C1. The van der Waals surface area contributed by atoms with Crippen molar-refractivity contribution in [2.75, 3.05) is 39.9 Å². The molecule has 26 heavy (non-hydrogen) atoms. The van der Waals surface area contributed by atoms with Crippen LogP contribution in [-0.4, -0.2) is 56.7 Å². The fraction of sp³-hybridized carbons (Fsp3) is 0.600. The van der Waals surface area contributed by atoms with Gasteiger partial charge in [0.25, 0.3) is 0 Å². The van der Waals surface area contributed by atoms with Crippen molar-refractivity contribution in [3.05, 3.63) is 29.8 Å². The maximum atomic E-state index is 12.1. The Balaban J connectivity index is 2.00. The summed E-state index contributed by atoms with van der Waals surface area (Å²) in [5, 5.41) is 3.35. The third-order valence-electron chi connectivity index (χ3n) is 4.51. The summed E-state index contributed by atoms with van der Waals surface area (Å²) >= 11 is 0. The number of nitrogens with zero attached hydrogens (tertiary/aromatic N) is 2. The van der Waals surface area contributed by atoms with Crippen molar-refractivity contribution >= 4 is 11.9 Å². The molecule has 0 amide bonds.